The van der Waals surface area contributed by atoms with Crippen LogP contribution in [-0.4, -0.2) is 46.6 Å². The van der Waals surface area contributed by atoms with Crippen LogP contribution in [0.3, 0.4) is 0 Å². The van der Waals surface area contributed by atoms with E-state index in [0.29, 0.717) is 0 Å². The lowest BCUT2D eigenvalue weighted by atomic mass is 10.0. The zero-order chi connectivity index (χ0) is 14.6. The van der Waals surface area contributed by atoms with Gasteiger partial charge in [0.15, 0.2) is 23.5 Å². The molecule has 3 unspecified atom stereocenters. The van der Waals surface area contributed by atoms with Crippen molar-refractivity contribution in [3.05, 3.63) is 0 Å². The van der Waals surface area contributed by atoms with Crippen LogP contribution in [0.25, 0.3) is 0 Å². The van der Waals surface area contributed by atoms with Crippen molar-refractivity contribution in [1.29, 1.82) is 0 Å². The minimum atomic E-state index is -1.45. The van der Waals surface area contributed by atoms with Crippen molar-refractivity contribution < 1.29 is 28.8 Å². The highest BCUT2D eigenvalue weighted by Gasteiger charge is 2.67. The molecular weight excluding hydrogens is 252 g/mol. The van der Waals surface area contributed by atoms with Crippen molar-refractivity contribution in [3.63, 3.8) is 0 Å². The Bertz CT molecular complexity index is 385. The molecule has 2 saturated heterocycles. The Hall–Kier alpha value is -0.530. The second-order valence-electron chi connectivity index (χ2n) is 6.12. The van der Waals surface area contributed by atoms with Gasteiger partial charge in [-0.3, -0.25) is 4.79 Å². The van der Waals surface area contributed by atoms with Crippen molar-refractivity contribution in [1.82, 2.24) is 0 Å². The number of Topliss-reactive ketones (excluding diaryl/α,β-unsaturated/α-hetero) is 1. The van der Waals surface area contributed by atoms with E-state index in [1.807, 2.05) is 0 Å². The summed E-state index contributed by atoms with van der Waals surface area (Å²) in [5.41, 5.74) is 0. The Balaban J connectivity index is 2.32. The van der Waals surface area contributed by atoms with E-state index >= 15 is 0 Å². The van der Waals surface area contributed by atoms with Gasteiger partial charge in [0.2, 0.25) is 0 Å². The molecule has 19 heavy (non-hydrogen) atoms. The van der Waals surface area contributed by atoms with Crippen LogP contribution in [0, 0.1) is 0 Å². The van der Waals surface area contributed by atoms with Gasteiger partial charge in [0.1, 0.15) is 6.10 Å². The molecule has 0 amide bonds. The predicted octanol–water partition coefficient (Wildman–Crippen LogP) is 0.955. The number of ether oxygens (including phenoxy) is 4. The van der Waals surface area contributed by atoms with Gasteiger partial charge in [-0.25, -0.2) is 0 Å². The average Bonchev–Trinajstić information content (AvgIpc) is 2.56. The van der Waals surface area contributed by atoms with Gasteiger partial charge in [-0.1, -0.05) is 0 Å². The fraction of sp³-hybridized carbons (Fsp3) is 0.923. The van der Waals surface area contributed by atoms with Crippen LogP contribution in [0.1, 0.15) is 41.5 Å². The molecule has 6 heteroatoms. The maximum absolute atomic E-state index is 11.9. The summed E-state index contributed by atoms with van der Waals surface area (Å²) >= 11 is 0. The van der Waals surface area contributed by atoms with Crippen LogP contribution in [0.15, 0.2) is 0 Å². The zero-order valence-corrected chi connectivity index (χ0v) is 12.2. The van der Waals surface area contributed by atoms with E-state index in [4.69, 9.17) is 18.9 Å². The van der Waals surface area contributed by atoms with E-state index < -0.39 is 35.7 Å². The van der Waals surface area contributed by atoms with Gasteiger partial charge in [-0.2, -0.15) is 0 Å². The fourth-order valence-electron chi connectivity index (χ4n) is 2.64. The minimum Gasteiger partial charge on any atom is -0.366 e. The van der Waals surface area contributed by atoms with Crippen LogP contribution in [0.5, 0.6) is 0 Å². The topological polar surface area (TPSA) is 74.2 Å². The first-order chi connectivity index (χ1) is 8.47. The van der Waals surface area contributed by atoms with Gasteiger partial charge in [0.25, 0.3) is 5.79 Å². The largest absolute Gasteiger partial charge is 0.366 e. The molecule has 0 aromatic carbocycles. The Labute approximate surface area is 113 Å². The van der Waals surface area contributed by atoms with E-state index in [9.17, 15) is 9.90 Å². The summed E-state index contributed by atoms with van der Waals surface area (Å²) in [5.74, 6) is -3.99. The molecule has 0 bridgehead atoms. The van der Waals surface area contributed by atoms with Gasteiger partial charge >= 0.3 is 0 Å². The normalized spacial score (nSPS) is 41.3. The maximum Gasteiger partial charge on any atom is 0.261 e. The molecule has 6 nitrogen and oxygen atoms in total. The standard InChI is InChI=1S/C13H22O6/c1-7-9(17-11(3,4)15)10-13(16-7,8(2)14)19-12(5,6)18-10/h7,9-10,15H,1-6H3/t7-,9?,10?,13?/m0/s1. The summed E-state index contributed by atoms with van der Waals surface area (Å²) in [4.78, 5) is 11.9. The van der Waals surface area contributed by atoms with E-state index in [2.05, 4.69) is 0 Å². The predicted molar refractivity (Wildman–Crippen MR) is 65.2 cm³/mol. The van der Waals surface area contributed by atoms with Gasteiger partial charge in [-0.05, 0) is 34.6 Å². The van der Waals surface area contributed by atoms with Crippen molar-refractivity contribution in [2.24, 2.45) is 0 Å². The van der Waals surface area contributed by atoms with Crippen molar-refractivity contribution in [2.75, 3.05) is 0 Å². The third kappa shape index (κ3) is 2.55. The van der Waals surface area contributed by atoms with Crippen LogP contribution >= 0.6 is 0 Å². The molecule has 0 aliphatic carbocycles. The van der Waals surface area contributed by atoms with Gasteiger partial charge in [0, 0.05) is 6.92 Å². The number of ketones is 1. The van der Waals surface area contributed by atoms with E-state index in [0.717, 1.165) is 0 Å². The molecule has 2 fully saturated rings. The zero-order valence-electron chi connectivity index (χ0n) is 12.2. The Morgan fingerprint density at radius 1 is 1.32 bits per heavy atom. The van der Waals surface area contributed by atoms with Crippen molar-refractivity contribution in [2.45, 2.75) is 77.2 Å². The highest BCUT2D eigenvalue weighted by Crippen LogP contribution is 2.47. The molecule has 2 rings (SSSR count). The fourth-order valence-corrected chi connectivity index (χ4v) is 2.64. The quantitative estimate of drug-likeness (QED) is 0.773. The summed E-state index contributed by atoms with van der Waals surface area (Å²) < 4.78 is 22.7. The molecule has 2 aliphatic heterocycles. The number of fused-ring (bicyclic) bond motifs is 1. The Morgan fingerprint density at radius 2 is 1.89 bits per heavy atom. The number of hydrogen-bond acceptors (Lipinski definition) is 6. The first-order valence-electron chi connectivity index (χ1n) is 6.44. The summed E-state index contributed by atoms with van der Waals surface area (Å²) in [5, 5.41) is 9.81. The molecule has 4 atom stereocenters. The van der Waals surface area contributed by atoms with Crippen molar-refractivity contribution >= 4 is 5.78 Å². The summed E-state index contributed by atoms with van der Waals surface area (Å²) in [7, 11) is 0. The van der Waals surface area contributed by atoms with Crippen molar-refractivity contribution in [3.8, 4) is 0 Å². The van der Waals surface area contributed by atoms with Crippen LogP contribution in [0.4, 0.5) is 0 Å². The lowest BCUT2D eigenvalue weighted by Gasteiger charge is -2.29. The van der Waals surface area contributed by atoms with E-state index in [1.54, 1.807) is 20.8 Å². The third-order valence-corrected chi connectivity index (χ3v) is 3.22. The second kappa shape index (κ2) is 4.23. The van der Waals surface area contributed by atoms with Gasteiger partial charge < -0.3 is 24.1 Å². The SMILES string of the molecule is CC(=O)C12O[C@@H](C)C(OC(C)(C)O)C1OC(C)(C)O2. The number of aliphatic hydroxyl groups is 1. The van der Waals surface area contributed by atoms with Gasteiger partial charge in [0.05, 0.1) is 6.10 Å². The first kappa shape index (κ1) is 14.9. The average molecular weight is 274 g/mol. The summed E-state index contributed by atoms with van der Waals surface area (Å²) in [6, 6.07) is 0. The number of rotatable bonds is 3. The van der Waals surface area contributed by atoms with Crippen LogP contribution in [0.2, 0.25) is 0 Å². The molecule has 1 N–H and O–H groups in total. The monoisotopic (exact) mass is 274 g/mol. The second-order valence-corrected chi connectivity index (χ2v) is 6.12. The molecule has 110 valence electrons. The summed E-state index contributed by atoms with van der Waals surface area (Å²) in [6.45, 7) is 9.63. The molecule has 2 heterocycles. The Morgan fingerprint density at radius 3 is 2.37 bits per heavy atom. The molecule has 0 saturated carbocycles. The molecule has 0 spiro atoms. The smallest absolute Gasteiger partial charge is 0.261 e. The number of carbonyl (C=O) groups is 1. The molecular formula is C13H22O6. The highest BCUT2D eigenvalue weighted by atomic mass is 16.9. The molecule has 0 aromatic rings. The lowest BCUT2D eigenvalue weighted by molar-refractivity contribution is -0.267. The lowest BCUT2D eigenvalue weighted by Crippen LogP contribution is -2.48. The maximum atomic E-state index is 11.9. The van der Waals surface area contributed by atoms with E-state index in [1.165, 1.54) is 20.8 Å². The molecule has 2 aliphatic rings. The Kier molecular flexibility index (Phi) is 3.31. The number of carbonyl (C=O) groups excluding carboxylic acids is 1. The molecule has 0 aromatic heterocycles. The third-order valence-electron chi connectivity index (χ3n) is 3.22. The van der Waals surface area contributed by atoms with Crippen LogP contribution in [-0.2, 0) is 23.7 Å². The number of hydrogen-bond donors (Lipinski definition) is 1. The van der Waals surface area contributed by atoms with Gasteiger partial charge in [-0.15, -0.1) is 0 Å². The summed E-state index contributed by atoms with van der Waals surface area (Å²) in [6.07, 6.45) is -1.69. The van der Waals surface area contributed by atoms with E-state index in [-0.39, 0.29) is 5.78 Å². The first-order valence-corrected chi connectivity index (χ1v) is 6.44. The minimum absolute atomic E-state index is 0.267. The molecule has 0 radical (unpaired) electrons. The highest BCUT2D eigenvalue weighted by molar-refractivity contribution is 5.85. The van der Waals surface area contributed by atoms with Crippen LogP contribution < -0.4 is 0 Å².